The number of rotatable bonds is 6. The molecule has 0 bridgehead atoms. The van der Waals surface area contributed by atoms with Crippen LogP contribution in [0.1, 0.15) is 45.6 Å². The van der Waals surface area contributed by atoms with Gasteiger partial charge in [0, 0.05) is 6.04 Å². The molecule has 0 aromatic heterocycles. The Balaban J connectivity index is 2.45. The van der Waals surface area contributed by atoms with Crippen molar-refractivity contribution in [2.45, 2.75) is 46.1 Å². The summed E-state index contributed by atoms with van der Waals surface area (Å²) in [6.07, 6.45) is 3.66. The third-order valence-electron chi connectivity index (χ3n) is 2.87. The molecule has 0 aliphatic carbocycles. The maximum Gasteiger partial charge on any atom is 0.101 e. The van der Waals surface area contributed by atoms with Crippen LogP contribution in [0.25, 0.3) is 0 Å². The summed E-state index contributed by atoms with van der Waals surface area (Å²) >= 11 is 0. The Hall–Kier alpha value is -1.49. The van der Waals surface area contributed by atoms with E-state index in [1.54, 1.807) is 0 Å². The first-order valence-electron chi connectivity index (χ1n) is 6.39. The van der Waals surface area contributed by atoms with E-state index in [0.29, 0.717) is 6.04 Å². The van der Waals surface area contributed by atoms with Gasteiger partial charge in [-0.3, -0.25) is 0 Å². The van der Waals surface area contributed by atoms with E-state index in [1.807, 2.05) is 24.3 Å². The van der Waals surface area contributed by atoms with Crippen LogP contribution in [0.15, 0.2) is 24.3 Å². The summed E-state index contributed by atoms with van der Waals surface area (Å²) in [5, 5.41) is 12.4. The van der Waals surface area contributed by atoms with Gasteiger partial charge in [0.2, 0.25) is 0 Å². The highest BCUT2D eigenvalue weighted by atomic mass is 14.9. The Morgan fingerprint density at radius 3 is 2.53 bits per heavy atom. The van der Waals surface area contributed by atoms with Crippen LogP contribution < -0.4 is 5.32 Å². The molecule has 0 amide bonds. The lowest BCUT2D eigenvalue weighted by Gasteiger charge is -2.16. The molecule has 1 rings (SSSR count). The van der Waals surface area contributed by atoms with Crippen LogP contribution in [0.2, 0.25) is 0 Å². The van der Waals surface area contributed by atoms with Crippen molar-refractivity contribution in [2.75, 3.05) is 5.32 Å². The number of para-hydroxylation sites is 1. The Morgan fingerprint density at radius 1 is 1.18 bits per heavy atom. The fourth-order valence-electron chi connectivity index (χ4n) is 1.88. The van der Waals surface area contributed by atoms with Crippen molar-refractivity contribution in [3.63, 3.8) is 0 Å². The van der Waals surface area contributed by atoms with Crippen LogP contribution >= 0.6 is 0 Å². The van der Waals surface area contributed by atoms with Crippen molar-refractivity contribution in [3.8, 4) is 6.07 Å². The Bertz CT molecular complexity index is 377. The van der Waals surface area contributed by atoms with E-state index in [4.69, 9.17) is 5.26 Å². The summed E-state index contributed by atoms with van der Waals surface area (Å²) < 4.78 is 0. The molecule has 1 unspecified atom stereocenters. The van der Waals surface area contributed by atoms with Gasteiger partial charge in [-0.1, -0.05) is 38.8 Å². The zero-order chi connectivity index (χ0) is 12.7. The average Bonchev–Trinajstić information content (AvgIpc) is 2.29. The van der Waals surface area contributed by atoms with E-state index in [-0.39, 0.29) is 0 Å². The first-order valence-corrected chi connectivity index (χ1v) is 6.39. The second-order valence-corrected chi connectivity index (χ2v) is 5.03. The molecule has 2 heteroatoms. The van der Waals surface area contributed by atoms with Crippen LogP contribution in [-0.4, -0.2) is 6.04 Å². The van der Waals surface area contributed by atoms with Gasteiger partial charge in [0.25, 0.3) is 0 Å². The zero-order valence-corrected chi connectivity index (χ0v) is 11.0. The van der Waals surface area contributed by atoms with E-state index < -0.39 is 0 Å². The minimum Gasteiger partial charge on any atom is -0.382 e. The number of benzene rings is 1. The largest absolute Gasteiger partial charge is 0.382 e. The van der Waals surface area contributed by atoms with E-state index in [2.05, 4.69) is 32.2 Å². The van der Waals surface area contributed by atoms with Crippen LogP contribution in [0.4, 0.5) is 5.69 Å². The average molecular weight is 230 g/mol. The molecule has 1 aromatic carbocycles. The summed E-state index contributed by atoms with van der Waals surface area (Å²) in [6.45, 7) is 6.68. The van der Waals surface area contributed by atoms with E-state index in [9.17, 15) is 0 Å². The minimum absolute atomic E-state index is 0.420. The first kappa shape index (κ1) is 13.6. The smallest absolute Gasteiger partial charge is 0.101 e. The third-order valence-corrected chi connectivity index (χ3v) is 2.87. The quantitative estimate of drug-likeness (QED) is 0.795. The molecule has 2 nitrogen and oxygen atoms in total. The summed E-state index contributed by atoms with van der Waals surface area (Å²) in [5.74, 6) is 0.772. The van der Waals surface area contributed by atoms with Crippen molar-refractivity contribution in [1.29, 1.82) is 5.26 Å². The van der Waals surface area contributed by atoms with Crippen LogP contribution in [-0.2, 0) is 0 Å². The molecule has 17 heavy (non-hydrogen) atoms. The van der Waals surface area contributed by atoms with Crippen LogP contribution in [0.5, 0.6) is 0 Å². The van der Waals surface area contributed by atoms with Gasteiger partial charge in [0.15, 0.2) is 0 Å². The standard InChI is InChI=1S/C15H22N2/c1-12(2)7-6-8-13(3)17-15-10-5-4-9-14(15)11-16/h4-5,9-10,12-13,17H,6-8H2,1-3H3. The van der Waals surface area contributed by atoms with Gasteiger partial charge in [0.1, 0.15) is 6.07 Å². The second kappa shape index (κ2) is 6.96. The van der Waals surface area contributed by atoms with Gasteiger partial charge < -0.3 is 5.32 Å². The molecule has 0 radical (unpaired) electrons. The predicted molar refractivity (Wildman–Crippen MR) is 72.9 cm³/mol. The fourth-order valence-corrected chi connectivity index (χ4v) is 1.88. The van der Waals surface area contributed by atoms with Crippen molar-refractivity contribution in [3.05, 3.63) is 29.8 Å². The second-order valence-electron chi connectivity index (χ2n) is 5.03. The van der Waals surface area contributed by atoms with Gasteiger partial charge in [-0.2, -0.15) is 5.26 Å². The maximum atomic E-state index is 8.99. The van der Waals surface area contributed by atoms with Crippen molar-refractivity contribution in [2.24, 2.45) is 5.92 Å². The van der Waals surface area contributed by atoms with Crippen molar-refractivity contribution < 1.29 is 0 Å². The van der Waals surface area contributed by atoms with Crippen molar-refractivity contribution in [1.82, 2.24) is 0 Å². The molecule has 0 spiro atoms. The summed E-state index contributed by atoms with van der Waals surface area (Å²) in [4.78, 5) is 0. The molecular formula is C15H22N2. The molecular weight excluding hydrogens is 208 g/mol. The molecule has 0 saturated heterocycles. The number of hydrogen-bond acceptors (Lipinski definition) is 2. The molecule has 0 aliphatic heterocycles. The number of hydrogen-bond donors (Lipinski definition) is 1. The highest BCUT2D eigenvalue weighted by Gasteiger charge is 2.05. The number of nitriles is 1. The lowest BCUT2D eigenvalue weighted by molar-refractivity contribution is 0.520. The van der Waals surface area contributed by atoms with E-state index in [0.717, 1.165) is 23.6 Å². The highest BCUT2D eigenvalue weighted by molar-refractivity contribution is 5.57. The third kappa shape index (κ3) is 4.91. The molecule has 92 valence electrons. The van der Waals surface area contributed by atoms with Gasteiger partial charge in [-0.15, -0.1) is 0 Å². The van der Waals surface area contributed by atoms with E-state index in [1.165, 1.54) is 12.8 Å². The first-order chi connectivity index (χ1) is 8.13. The topological polar surface area (TPSA) is 35.8 Å². The maximum absolute atomic E-state index is 8.99. The molecule has 0 heterocycles. The Morgan fingerprint density at radius 2 is 1.88 bits per heavy atom. The number of nitrogens with zero attached hydrogens (tertiary/aromatic N) is 1. The fraction of sp³-hybridized carbons (Fsp3) is 0.533. The van der Waals surface area contributed by atoms with Crippen molar-refractivity contribution >= 4 is 5.69 Å². The number of nitrogens with one attached hydrogen (secondary N) is 1. The predicted octanol–water partition coefficient (Wildman–Crippen LogP) is 4.18. The Labute approximate surface area is 105 Å². The van der Waals surface area contributed by atoms with Crippen LogP contribution in [0, 0.1) is 17.2 Å². The van der Waals surface area contributed by atoms with Gasteiger partial charge in [-0.25, -0.2) is 0 Å². The molecule has 1 N–H and O–H groups in total. The molecule has 1 aromatic rings. The lowest BCUT2D eigenvalue weighted by Crippen LogP contribution is -2.15. The normalized spacial score (nSPS) is 12.2. The van der Waals surface area contributed by atoms with Crippen LogP contribution in [0.3, 0.4) is 0 Å². The highest BCUT2D eigenvalue weighted by Crippen LogP contribution is 2.17. The SMILES string of the molecule is CC(C)CCCC(C)Nc1ccccc1C#N. The van der Waals surface area contributed by atoms with Gasteiger partial charge in [-0.05, 0) is 31.4 Å². The molecule has 0 aliphatic rings. The molecule has 1 atom stereocenters. The summed E-state index contributed by atoms with van der Waals surface area (Å²) in [5.41, 5.74) is 1.68. The van der Waals surface area contributed by atoms with Gasteiger partial charge in [0.05, 0.1) is 11.3 Å². The molecule has 0 fully saturated rings. The lowest BCUT2D eigenvalue weighted by atomic mass is 10.0. The molecule has 0 saturated carbocycles. The van der Waals surface area contributed by atoms with E-state index >= 15 is 0 Å². The van der Waals surface area contributed by atoms with Gasteiger partial charge >= 0.3 is 0 Å². The minimum atomic E-state index is 0.420. The summed E-state index contributed by atoms with van der Waals surface area (Å²) in [7, 11) is 0. The number of anilines is 1. The summed E-state index contributed by atoms with van der Waals surface area (Å²) in [6, 6.07) is 10.3. The Kier molecular flexibility index (Phi) is 5.56. The zero-order valence-electron chi connectivity index (χ0n) is 11.0. The monoisotopic (exact) mass is 230 g/mol.